The number of carboxylic acid groups (broad SMARTS) is 1. The summed E-state index contributed by atoms with van der Waals surface area (Å²) >= 11 is 3.45. The monoisotopic (exact) mass is 465 g/mol. The molecule has 3 atom stereocenters. The molecule has 0 saturated carbocycles. The quantitative estimate of drug-likeness (QED) is 0.640. The zero-order valence-corrected chi connectivity index (χ0v) is 18.0. The highest BCUT2D eigenvalue weighted by atomic mass is 79.9. The van der Waals surface area contributed by atoms with Crippen LogP contribution >= 0.6 is 15.9 Å². The number of carbonyl (C=O) groups excluding carboxylic acids is 2. The van der Waals surface area contributed by atoms with E-state index < -0.39 is 18.1 Å². The van der Waals surface area contributed by atoms with E-state index in [0.29, 0.717) is 19.4 Å². The van der Waals surface area contributed by atoms with Gasteiger partial charge in [0.1, 0.15) is 6.04 Å². The van der Waals surface area contributed by atoms with E-state index in [1.165, 1.54) is 4.90 Å². The van der Waals surface area contributed by atoms with Crippen LogP contribution in [0.3, 0.4) is 0 Å². The molecule has 0 spiro atoms. The Morgan fingerprint density at radius 1 is 1.24 bits per heavy atom. The molecule has 2 fully saturated rings. The van der Waals surface area contributed by atoms with E-state index in [4.69, 9.17) is 5.73 Å². The Bertz CT molecular complexity index is 766. The second-order valence-corrected chi connectivity index (χ2v) is 8.93. The highest BCUT2D eigenvalue weighted by molar-refractivity contribution is 9.10. The van der Waals surface area contributed by atoms with Gasteiger partial charge in [-0.1, -0.05) is 28.1 Å². The summed E-state index contributed by atoms with van der Waals surface area (Å²) in [4.78, 5) is 40.0. The third-order valence-electron chi connectivity index (χ3n) is 5.81. The Morgan fingerprint density at radius 3 is 2.62 bits per heavy atom. The molecule has 2 aliphatic rings. The fourth-order valence-electron chi connectivity index (χ4n) is 4.29. The van der Waals surface area contributed by atoms with Gasteiger partial charge in [-0.25, -0.2) is 4.79 Å². The molecule has 0 aliphatic carbocycles. The Hall–Kier alpha value is -1.93. The van der Waals surface area contributed by atoms with Crippen LogP contribution in [-0.2, 0) is 20.8 Å². The number of likely N-dealkylation sites (tertiary alicyclic amines) is 2. The number of carbonyl (C=O) groups is 3. The molecule has 3 rings (SSSR count). The van der Waals surface area contributed by atoms with E-state index in [1.54, 1.807) is 4.90 Å². The van der Waals surface area contributed by atoms with E-state index in [-0.39, 0.29) is 30.6 Å². The van der Waals surface area contributed by atoms with Gasteiger partial charge in [0.2, 0.25) is 11.8 Å². The number of halogens is 1. The van der Waals surface area contributed by atoms with Crippen molar-refractivity contribution < 1.29 is 19.5 Å². The lowest BCUT2D eigenvalue weighted by molar-refractivity contribution is -0.148. The standard InChI is InChI=1S/C21H28BrN3O4/c22-16-5-3-4-14(11-16)10-15-12-18(21(28)29)25(13-15)20(27)17(23)6-7-19(26)24-8-1-2-9-24/h3-5,11,15,17-18H,1-2,6-10,12-13,23H2,(H,28,29)/t15-,17-,18+/m1/s1. The maximum atomic E-state index is 12.9. The molecule has 0 unspecified atom stereocenters. The first-order valence-electron chi connectivity index (χ1n) is 10.2. The second kappa shape index (κ2) is 9.71. The average Bonchev–Trinajstić information content (AvgIpc) is 3.35. The molecule has 7 nitrogen and oxygen atoms in total. The summed E-state index contributed by atoms with van der Waals surface area (Å²) in [5.41, 5.74) is 7.16. The first-order valence-corrected chi connectivity index (χ1v) is 11.0. The fourth-order valence-corrected chi connectivity index (χ4v) is 4.73. The molecule has 2 aliphatic heterocycles. The average molecular weight is 466 g/mol. The van der Waals surface area contributed by atoms with Gasteiger partial charge in [0.05, 0.1) is 6.04 Å². The number of carboxylic acids is 1. The van der Waals surface area contributed by atoms with Crippen LogP contribution in [0.25, 0.3) is 0 Å². The normalized spacial score (nSPS) is 22.7. The van der Waals surface area contributed by atoms with Crippen LogP contribution < -0.4 is 5.73 Å². The van der Waals surface area contributed by atoms with Gasteiger partial charge in [-0.2, -0.15) is 0 Å². The molecule has 2 saturated heterocycles. The number of amides is 2. The summed E-state index contributed by atoms with van der Waals surface area (Å²) < 4.78 is 0.973. The van der Waals surface area contributed by atoms with Crippen molar-refractivity contribution in [3.05, 3.63) is 34.3 Å². The Morgan fingerprint density at radius 2 is 1.97 bits per heavy atom. The van der Waals surface area contributed by atoms with Gasteiger partial charge in [-0.05, 0) is 55.7 Å². The van der Waals surface area contributed by atoms with Crippen LogP contribution in [0.5, 0.6) is 0 Å². The van der Waals surface area contributed by atoms with Crippen molar-refractivity contribution in [1.29, 1.82) is 0 Å². The molecule has 1 aromatic carbocycles. The molecule has 0 aromatic heterocycles. The summed E-state index contributed by atoms with van der Waals surface area (Å²) in [7, 11) is 0. The Labute approximate surface area is 179 Å². The molecule has 0 radical (unpaired) electrons. The molecular weight excluding hydrogens is 438 g/mol. The topological polar surface area (TPSA) is 104 Å². The number of aliphatic carboxylic acids is 1. The molecule has 3 N–H and O–H groups in total. The molecule has 8 heteroatoms. The zero-order chi connectivity index (χ0) is 21.0. The van der Waals surface area contributed by atoms with Crippen molar-refractivity contribution in [1.82, 2.24) is 9.80 Å². The highest BCUT2D eigenvalue weighted by Gasteiger charge is 2.41. The number of nitrogens with two attached hydrogens (primary N) is 1. The summed E-state index contributed by atoms with van der Waals surface area (Å²) in [6, 6.07) is 6.18. The number of hydrogen-bond donors (Lipinski definition) is 2. The Balaban J connectivity index is 1.58. The highest BCUT2D eigenvalue weighted by Crippen LogP contribution is 2.28. The van der Waals surface area contributed by atoms with Crippen LogP contribution in [0.4, 0.5) is 0 Å². The summed E-state index contributed by atoms with van der Waals surface area (Å²) in [6.07, 6.45) is 3.62. The minimum absolute atomic E-state index is 0.0227. The number of nitrogens with zero attached hydrogens (tertiary/aromatic N) is 2. The lowest BCUT2D eigenvalue weighted by Gasteiger charge is -2.25. The predicted octanol–water partition coefficient (Wildman–Crippen LogP) is 2.02. The van der Waals surface area contributed by atoms with E-state index in [0.717, 1.165) is 36.0 Å². The first-order chi connectivity index (χ1) is 13.8. The zero-order valence-electron chi connectivity index (χ0n) is 16.4. The molecule has 2 heterocycles. The Kier molecular flexibility index (Phi) is 7.29. The molecule has 158 valence electrons. The lowest BCUT2D eigenvalue weighted by atomic mass is 9.97. The summed E-state index contributed by atoms with van der Waals surface area (Å²) in [6.45, 7) is 1.91. The number of rotatable bonds is 7. The van der Waals surface area contributed by atoms with Crippen molar-refractivity contribution >= 4 is 33.7 Å². The van der Waals surface area contributed by atoms with E-state index in [1.807, 2.05) is 24.3 Å². The summed E-state index contributed by atoms with van der Waals surface area (Å²) in [5.74, 6) is -1.29. The van der Waals surface area contributed by atoms with Crippen molar-refractivity contribution in [2.75, 3.05) is 19.6 Å². The third kappa shape index (κ3) is 5.57. The first kappa shape index (κ1) is 21.8. The molecule has 1 aromatic rings. The van der Waals surface area contributed by atoms with Crippen molar-refractivity contribution in [3.8, 4) is 0 Å². The van der Waals surface area contributed by atoms with E-state index in [9.17, 15) is 19.5 Å². The molecule has 2 amide bonds. The van der Waals surface area contributed by atoms with Crippen LogP contribution in [0.15, 0.2) is 28.7 Å². The third-order valence-corrected chi connectivity index (χ3v) is 6.31. The van der Waals surface area contributed by atoms with Crippen LogP contribution in [-0.4, -0.2) is 64.4 Å². The van der Waals surface area contributed by atoms with Crippen molar-refractivity contribution in [3.63, 3.8) is 0 Å². The second-order valence-electron chi connectivity index (χ2n) is 8.01. The minimum atomic E-state index is -1.00. The SMILES string of the molecule is N[C@H](CCC(=O)N1CCCC1)C(=O)N1C[C@H](Cc2cccc(Br)c2)C[C@H]1C(=O)O. The molecular formula is C21H28BrN3O4. The van der Waals surface area contributed by atoms with Crippen LogP contribution in [0.2, 0.25) is 0 Å². The largest absolute Gasteiger partial charge is 0.480 e. The molecule has 29 heavy (non-hydrogen) atoms. The van der Waals surface area contributed by atoms with E-state index >= 15 is 0 Å². The van der Waals surface area contributed by atoms with Crippen molar-refractivity contribution in [2.45, 2.75) is 50.6 Å². The van der Waals surface area contributed by atoms with Gasteiger partial charge in [0.25, 0.3) is 0 Å². The number of hydrogen-bond acceptors (Lipinski definition) is 4. The molecule has 0 bridgehead atoms. The van der Waals surface area contributed by atoms with Crippen LogP contribution in [0.1, 0.15) is 37.7 Å². The fraction of sp³-hybridized carbons (Fsp3) is 0.571. The maximum Gasteiger partial charge on any atom is 0.326 e. The van der Waals surface area contributed by atoms with Crippen LogP contribution in [0, 0.1) is 5.92 Å². The summed E-state index contributed by atoms with van der Waals surface area (Å²) in [5, 5.41) is 9.60. The predicted molar refractivity (Wildman–Crippen MR) is 112 cm³/mol. The van der Waals surface area contributed by atoms with Gasteiger partial charge in [-0.3, -0.25) is 9.59 Å². The van der Waals surface area contributed by atoms with E-state index in [2.05, 4.69) is 15.9 Å². The van der Waals surface area contributed by atoms with Gasteiger partial charge < -0.3 is 20.6 Å². The maximum absolute atomic E-state index is 12.9. The smallest absolute Gasteiger partial charge is 0.326 e. The minimum Gasteiger partial charge on any atom is -0.480 e. The lowest BCUT2D eigenvalue weighted by Crippen LogP contribution is -2.48. The van der Waals surface area contributed by atoms with Crippen molar-refractivity contribution in [2.24, 2.45) is 11.7 Å². The van der Waals surface area contributed by atoms with Gasteiger partial charge in [0, 0.05) is 30.5 Å². The van der Waals surface area contributed by atoms with Gasteiger partial charge in [0.15, 0.2) is 0 Å². The van der Waals surface area contributed by atoms with Gasteiger partial charge in [-0.15, -0.1) is 0 Å². The number of benzene rings is 1. The van der Waals surface area contributed by atoms with Gasteiger partial charge >= 0.3 is 5.97 Å².